The predicted molar refractivity (Wildman–Crippen MR) is 106 cm³/mol. The Balaban J connectivity index is 1.99. The van der Waals surface area contributed by atoms with Crippen molar-refractivity contribution in [3.8, 4) is 0 Å². The molecule has 0 spiro atoms. The van der Waals surface area contributed by atoms with Gasteiger partial charge in [-0.05, 0) is 41.0 Å². The van der Waals surface area contributed by atoms with Crippen LogP contribution in [0.4, 0.5) is 8.78 Å². The van der Waals surface area contributed by atoms with Crippen LogP contribution in [0.5, 0.6) is 0 Å². The van der Waals surface area contributed by atoms with Gasteiger partial charge < -0.3 is 10.2 Å². The maximum absolute atomic E-state index is 13.6. The average molecular weight is 407 g/mol. The van der Waals surface area contributed by atoms with Crippen molar-refractivity contribution >= 4 is 0 Å². The summed E-state index contributed by atoms with van der Waals surface area (Å²) in [4.78, 5) is 3.90. The van der Waals surface area contributed by atoms with E-state index >= 15 is 0 Å². The molecular formula is C23H19F2N3O2. The van der Waals surface area contributed by atoms with E-state index in [9.17, 15) is 19.0 Å². The third kappa shape index (κ3) is 3.38. The van der Waals surface area contributed by atoms with E-state index in [1.54, 1.807) is 30.3 Å². The second kappa shape index (κ2) is 7.78. The van der Waals surface area contributed by atoms with Gasteiger partial charge in [0.2, 0.25) is 0 Å². The molecule has 5 nitrogen and oxygen atoms in total. The number of hydrogen-bond acceptors (Lipinski definition) is 4. The first kappa shape index (κ1) is 19.9. The summed E-state index contributed by atoms with van der Waals surface area (Å²) in [5.74, 6) is -0.956. The minimum Gasteiger partial charge on any atom is -0.379 e. The number of hydrogen-bond donors (Lipinski definition) is 2. The predicted octanol–water partition coefficient (Wildman–Crippen LogP) is 3.38. The Kier molecular flexibility index (Phi) is 5.15. The van der Waals surface area contributed by atoms with Crippen LogP contribution >= 0.6 is 0 Å². The van der Waals surface area contributed by atoms with Crippen molar-refractivity contribution in [2.24, 2.45) is 0 Å². The van der Waals surface area contributed by atoms with Crippen LogP contribution in [-0.2, 0) is 17.7 Å². The van der Waals surface area contributed by atoms with Crippen LogP contribution in [-0.4, -0.2) is 25.0 Å². The van der Waals surface area contributed by atoms with Crippen molar-refractivity contribution in [3.63, 3.8) is 0 Å². The number of aliphatic hydroxyl groups is 2. The SMILES string of the molecule is O[C@](c1ccccc1)(c1ccc(F)cc1)[C@](O)(Cn1cncn1)c1ccc(F)cc1. The lowest BCUT2D eigenvalue weighted by atomic mass is 9.69. The molecule has 30 heavy (non-hydrogen) atoms. The third-order valence-corrected chi connectivity index (χ3v) is 5.23. The van der Waals surface area contributed by atoms with E-state index in [0.717, 1.165) is 0 Å². The van der Waals surface area contributed by atoms with Crippen LogP contribution in [0.2, 0.25) is 0 Å². The Morgan fingerprint density at radius 3 is 1.80 bits per heavy atom. The van der Waals surface area contributed by atoms with E-state index < -0.39 is 22.8 Å². The zero-order valence-corrected chi connectivity index (χ0v) is 15.9. The quantitative estimate of drug-likeness (QED) is 0.514. The Morgan fingerprint density at radius 2 is 1.27 bits per heavy atom. The molecular weight excluding hydrogens is 388 g/mol. The molecule has 4 aromatic rings. The van der Waals surface area contributed by atoms with Crippen molar-refractivity contribution in [1.82, 2.24) is 14.8 Å². The summed E-state index contributed by atoms with van der Waals surface area (Å²) in [5.41, 5.74) is -3.13. The highest BCUT2D eigenvalue weighted by Crippen LogP contribution is 2.46. The first-order valence-corrected chi connectivity index (χ1v) is 9.28. The van der Waals surface area contributed by atoms with Gasteiger partial charge >= 0.3 is 0 Å². The lowest BCUT2D eigenvalue weighted by molar-refractivity contribution is -0.151. The maximum Gasteiger partial charge on any atom is 0.149 e. The van der Waals surface area contributed by atoms with E-state index in [1.165, 1.54) is 65.9 Å². The standard InChI is InChI=1S/C23H19F2N3O2/c24-20-10-6-17(7-11-20)22(29,14-28-16-26-15-27-28)23(30,18-4-2-1-3-5-18)19-8-12-21(25)13-9-19/h1-13,15-16,29-30H,14H2/t22-,23+/m0/s1. The van der Waals surface area contributed by atoms with Gasteiger partial charge in [-0.2, -0.15) is 5.10 Å². The van der Waals surface area contributed by atoms with Gasteiger partial charge in [0.05, 0.1) is 6.54 Å². The van der Waals surface area contributed by atoms with Crippen molar-refractivity contribution in [2.45, 2.75) is 17.7 Å². The lowest BCUT2D eigenvalue weighted by Gasteiger charge is -2.44. The second-order valence-electron chi connectivity index (χ2n) is 7.04. The van der Waals surface area contributed by atoms with Gasteiger partial charge in [-0.15, -0.1) is 0 Å². The van der Waals surface area contributed by atoms with E-state index in [2.05, 4.69) is 10.1 Å². The fourth-order valence-electron chi connectivity index (χ4n) is 3.70. The highest BCUT2D eigenvalue weighted by atomic mass is 19.1. The minimum atomic E-state index is -2.02. The largest absolute Gasteiger partial charge is 0.379 e. The molecule has 0 aliphatic heterocycles. The van der Waals surface area contributed by atoms with Crippen molar-refractivity contribution in [3.05, 3.63) is 120 Å². The van der Waals surface area contributed by atoms with Crippen LogP contribution in [0.3, 0.4) is 0 Å². The van der Waals surface area contributed by atoms with E-state index in [1.807, 2.05) is 0 Å². The molecule has 3 aromatic carbocycles. The molecule has 4 rings (SSSR count). The molecule has 1 heterocycles. The fraction of sp³-hybridized carbons (Fsp3) is 0.130. The first-order valence-electron chi connectivity index (χ1n) is 9.28. The van der Waals surface area contributed by atoms with E-state index in [-0.39, 0.29) is 17.7 Å². The molecule has 0 fully saturated rings. The Morgan fingerprint density at radius 1 is 0.733 bits per heavy atom. The highest BCUT2D eigenvalue weighted by molar-refractivity contribution is 5.44. The molecule has 0 aliphatic rings. The average Bonchev–Trinajstić information content (AvgIpc) is 3.27. The van der Waals surface area contributed by atoms with Crippen molar-refractivity contribution < 1.29 is 19.0 Å². The monoisotopic (exact) mass is 407 g/mol. The number of benzene rings is 3. The van der Waals surface area contributed by atoms with Gasteiger partial charge in [-0.25, -0.2) is 18.4 Å². The van der Waals surface area contributed by atoms with Gasteiger partial charge in [0.1, 0.15) is 35.5 Å². The molecule has 0 radical (unpaired) electrons. The fourth-order valence-corrected chi connectivity index (χ4v) is 3.70. The topological polar surface area (TPSA) is 71.2 Å². The Labute approximate surface area is 171 Å². The van der Waals surface area contributed by atoms with E-state index in [0.29, 0.717) is 5.56 Å². The number of aromatic nitrogens is 3. The summed E-state index contributed by atoms with van der Waals surface area (Å²) in [6, 6.07) is 19.0. The molecule has 0 saturated heterocycles. The van der Waals surface area contributed by atoms with Crippen LogP contribution < -0.4 is 0 Å². The number of rotatable bonds is 6. The van der Waals surface area contributed by atoms with Crippen molar-refractivity contribution in [1.29, 1.82) is 0 Å². The van der Waals surface area contributed by atoms with Gasteiger partial charge in [-0.3, -0.25) is 0 Å². The smallest absolute Gasteiger partial charge is 0.149 e. The van der Waals surface area contributed by atoms with Gasteiger partial charge in [0.25, 0.3) is 0 Å². The second-order valence-corrected chi connectivity index (χ2v) is 7.04. The zero-order valence-electron chi connectivity index (χ0n) is 15.9. The summed E-state index contributed by atoms with van der Waals surface area (Å²) in [7, 11) is 0. The van der Waals surface area contributed by atoms with Crippen LogP contribution in [0.25, 0.3) is 0 Å². The number of nitrogens with zero attached hydrogens (tertiary/aromatic N) is 3. The summed E-state index contributed by atoms with van der Waals surface area (Å²) in [5, 5.41) is 28.3. The molecule has 1 aromatic heterocycles. The third-order valence-electron chi connectivity index (χ3n) is 5.23. The molecule has 0 amide bonds. The zero-order chi connectivity index (χ0) is 21.2. The molecule has 2 atom stereocenters. The van der Waals surface area contributed by atoms with Crippen LogP contribution in [0, 0.1) is 11.6 Å². The molecule has 152 valence electrons. The molecule has 0 bridgehead atoms. The normalized spacial score (nSPS) is 15.3. The van der Waals surface area contributed by atoms with E-state index in [4.69, 9.17) is 0 Å². The molecule has 0 unspecified atom stereocenters. The van der Waals surface area contributed by atoms with Crippen LogP contribution in [0.1, 0.15) is 16.7 Å². The molecule has 7 heteroatoms. The lowest BCUT2D eigenvalue weighted by Crippen LogP contribution is -2.53. The molecule has 0 saturated carbocycles. The van der Waals surface area contributed by atoms with Gasteiger partial charge in [0.15, 0.2) is 0 Å². The maximum atomic E-state index is 13.6. The first-order chi connectivity index (χ1) is 14.4. The summed E-state index contributed by atoms with van der Waals surface area (Å²) in [6.45, 7) is -0.193. The summed E-state index contributed by atoms with van der Waals surface area (Å²) in [6.07, 6.45) is 2.72. The van der Waals surface area contributed by atoms with Crippen LogP contribution in [0.15, 0.2) is 91.5 Å². The molecule has 0 aliphatic carbocycles. The Bertz CT molecular complexity index is 1100. The Hall–Kier alpha value is -3.42. The van der Waals surface area contributed by atoms with Gasteiger partial charge in [-0.1, -0.05) is 54.6 Å². The summed E-state index contributed by atoms with van der Waals surface area (Å²) >= 11 is 0. The molecule has 2 N–H and O–H groups in total. The summed E-state index contributed by atoms with van der Waals surface area (Å²) < 4.78 is 28.6. The van der Waals surface area contributed by atoms with Gasteiger partial charge in [0, 0.05) is 0 Å². The number of halogens is 2. The minimum absolute atomic E-state index is 0.193. The highest BCUT2D eigenvalue weighted by Gasteiger charge is 2.53. The van der Waals surface area contributed by atoms with Crippen molar-refractivity contribution in [2.75, 3.05) is 0 Å².